The van der Waals surface area contributed by atoms with Crippen LogP contribution in [0.2, 0.25) is 0 Å². The number of hydrogen-bond donors (Lipinski definition) is 2. The molecule has 2 rings (SSSR count). The summed E-state index contributed by atoms with van der Waals surface area (Å²) in [7, 11) is -3.23. The zero-order chi connectivity index (χ0) is 15.3. The molecule has 1 atom stereocenters. The topological polar surface area (TPSA) is 71.1 Å². The molecule has 0 saturated heterocycles. The average Bonchev–Trinajstić information content (AvgIpc) is 2.45. The maximum Gasteiger partial charge on any atom is 0.229 e. The van der Waals surface area contributed by atoms with Gasteiger partial charge in [-0.05, 0) is 36.2 Å². The molecule has 0 radical (unpaired) electrons. The minimum Gasteiger partial charge on any atom is -0.306 e. The lowest BCUT2D eigenvalue weighted by molar-refractivity contribution is 0.574. The molecule has 0 saturated carbocycles. The fourth-order valence-electron chi connectivity index (χ4n) is 1.95. The molecule has 2 N–H and O–H groups in total. The minimum atomic E-state index is -3.23. The maximum atomic E-state index is 11.1. The molecule has 1 aromatic heterocycles. The maximum absolute atomic E-state index is 11.1. The van der Waals surface area contributed by atoms with E-state index in [1.165, 1.54) is 0 Å². The third-order valence-corrected chi connectivity index (χ3v) is 3.66. The zero-order valence-electron chi connectivity index (χ0n) is 12.1. The first kappa shape index (κ1) is 15.5. The van der Waals surface area contributed by atoms with Crippen molar-refractivity contribution in [1.29, 1.82) is 0 Å². The molecule has 21 heavy (non-hydrogen) atoms. The highest BCUT2D eigenvalue weighted by Crippen LogP contribution is 2.17. The Morgan fingerprint density at radius 2 is 1.90 bits per heavy atom. The molecule has 0 unspecified atom stereocenters. The lowest BCUT2D eigenvalue weighted by Gasteiger charge is -2.15. The Kier molecular flexibility index (Phi) is 4.93. The molecular weight excluding hydrogens is 286 g/mol. The van der Waals surface area contributed by atoms with Gasteiger partial charge in [0, 0.05) is 30.7 Å². The quantitative estimate of drug-likeness (QED) is 0.859. The first-order valence-electron chi connectivity index (χ1n) is 6.64. The van der Waals surface area contributed by atoms with Gasteiger partial charge in [0.15, 0.2) is 0 Å². The second-order valence-electron chi connectivity index (χ2n) is 4.96. The first-order valence-corrected chi connectivity index (χ1v) is 8.53. The summed E-state index contributed by atoms with van der Waals surface area (Å²) in [5, 5.41) is 3.40. The fraction of sp³-hybridized carbons (Fsp3) is 0.267. The molecule has 2 aromatic rings. The number of anilines is 1. The summed E-state index contributed by atoms with van der Waals surface area (Å²) in [5.41, 5.74) is 2.79. The van der Waals surface area contributed by atoms with Crippen LogP contribution >= 0.6 is 0 Å². The van der Waals surface area contributed by atoms with E-state index in [-0.39, 0.29) is 6.04 Å². The highest BCUT2D eigenvalue weighted by molar-refractivity contribution is 7.92. The summed E-state index contributed by atoms with van der Waals surface area (Å²) in [6, 6.07) is 11.4. The number of aromatic nitrogens is 1. The van der Waals surface area contributed by atoms with Crippen molar-refractivity contribution >= 4 is 15.7 Å². The van der Waals surface area contributed by atoms with Gasteiger partial charge in [-0.1, -0.05) is 18.2 Å². The summed E-state index contributed by atoms with van der Waals surface area (Å²) >= 11 is 0. The minimum absolute atomic E-state index is 0.164. The van der Waals surface area contributed by atoms with Crippen LogP contribution in [0.15, 0.2) is 48.8 Å². The summed E-state index contributed by atoms with van der Waals surface area (Å²) in [6.07, 6.45) is 4.72. The standard InChI is InChI=1S/C15H19N3O2S/c1-12(17-11-13-4-3-9-16-10-13)14-5-7-15(8-6-14)18-21(2,19)20/h3-10,12,17-18H,11H2,1-2H3/t12-/m0/s1. The Morgan fingerprint density at radius 3 is 2.48 bits per heavy atom. The second-order valence-corrected chi connectivity index (χ2v) is 6.71. The SMILES string of the molecule is C[C@H](NCc1cccnc1)c1ccc(NS(C)(=O)=O)cc1. The van der Waals surface area contributed by atoms with E-state index in [0.29, 0.717) is 5.69 Å². The molecule has 0 bridgehead atoms. The van der Waals surface area contributed by atoms with Crippen LogP contribution < -0.4 is 10.0 Å². The zero-order valence-corrected chi connectivity index (χ0v) is 12.9. The Bertz CT molecular complexity index is 670. The van der Waals surface area contributed by atoms with Crippen LogP contribution in [0.3, 0.4) is 0 Å². The molecule has 0 fully saturated rings. The van der Waals surface area contributed by atoms with E-state index in [0.717, 1.165) is 23.9 Å². The molecule has 5 nitrogen and oxygen atoms in total. The van der Waals surface area contributed by atoms with Gasteiger partial charge in [-0.25, -0.2) is 8.42 Å². The van der Waals surface area contributed by atoms with Crippen molar-refractivity contribution in [2.75, 3.05) is 11.0 Å². The lowest BCUT2D eigenvalue weighted by Crippen LogP contribution is -2.18. The highest BCUT2D eigenvalue weighted by atomic mass is 32.2. The number of benzene rings is 1. The smallest absolute Gasteiger partial charge is 0.229 e. The Hall–Kier alpha value is -1.92. The van der Waals surface area contributed by atoms with Crippen molar-refractivity contribution < 1.29 is 8.42 Å². The molecule has 0 aliphatic carbocycles. The van der Waals surface area contributed by atoms with Gasteiger partial charge in [0.05, 0.1) is 6.26 Å². The van der Waals surface area contributed by atoms with Gasteiger partial charge in [-0.2, -0.15) is 0 Å². The van der Waals surface area contributed by atoms with Crippen molar-refractivity contribution in [3.05, 3.63) is 59.9 Å². The van der Waals surface area contributed by atoms with E-state index >= 15 is 0 Å². The van der Waals surface area contributed by atoms with E-state index in [2.05, 4.69) is 21.9 Å². The number of nitrogens with one attached hydrogen (secondary N) is 2. The summed E-state index contributed by atoms with van der Waals surface area (Å²) < 4.78 is 24.7. The number of hydrogen-bond acceptors (Lipinski definition) is 4. The third-order valence-electron chi connectivity index (χ3n) is 3.05. The monoisotopic (exact) mass is 305 g/mol. The van der Waals surface area contributed by atoms with Crippen molar-refractivity contribution in [3.63, 3.8) is 0 Å². The largest absolute Gasteiger partial charge is 0.306 e. The van der Waals surface area contributed by atoms with Crippen molar-refractivity contribution in [2.24, 2.45) is 0 Å². The molecule has 0 amide bonds. The van der Waals surface area contributed by atoms with Gasteiger partial charge in [-0.3, -0.25) is 9.71 Å². The van der Waals surface area contributed by atoms with E-state index in [9.17, 15) is 8.42 Å². The van der Waals surface area contributed by atoms with Crippen molar-refractivity contribution in [2.45, 2.75) is 19.5 Å². The third kappa shape index (κ3) is 5.17. The van der Waals surface area contributed by atoms with Crippen LogP contribution in [0.25, 0.3) is 0 Å². The Labute approximate surface area is 125 Å². The molecular formula is C15H19N3O2S. The summed E-state index contributed by atoms with van der Waals surface area (Å²) in [6.45, 7) is 2.80. The number of sulfonamides is 1. The van der Waals surface area contributed by atoms with E-state index in [1.54, 1.807) is 18.3 Å². The lowest BCUT2D eigenvalue weighted by atomic mass is 10.1. The van der Waals surface area contributed by atoms with Gasteiger partial charge in [0.25, 0.3) is 0 Å². The molecule has 112 valence electrons. The summed E-state index contributed by atoms with van der Waals surface area (Å²) in [4.78, 5) is 4.08. The molecule has 6 heteroatoms. The average molecular weight is 305 g/mol. The molecule has 0 spiro atoms. The van der Waals surface area contributed by atoms with Crippen LogP contribution in [0.4, 0.5) is 5.69 Å². The highest BCUT2D eigenvalue weighted by Gasteiger charge is 2.06. The van der Waals surface area contributed by atoms with E-state index in [4.69, 9.17) is 0 Å². The van der Waals surface area contributed by atoms with Crippen LogP contribution in [-0.4, -0.2) is 19.7 Å². The van der Waals surface area contributed by atoms with Gasteiger partial charge in [0.1, 0.15) is 0 Å². The first-order chi connectivity index (χ1) is 9.94. The van der Waals surface area contributed by atoms with Crippen LogP contribution in [-0.2, 0) is 16.6 Å². The summed E-state index contributed by atoms with van der Waals surface area (Å²) in [5.74, 6) is 0. The number of nitrogens with zero attached hydrogens (tertiary/aromatic N) is 1. The van der Waals surface area contributed by atoms with Crippen LogP contribution in [0.5, 0.6) is 0 Å². The van der Waals surface area contributed by atoms with Crippen LogP contribution in [0.1, 0.15) is 24.1 Å². The molecule has 0 aliphatic rings. The normalized spacial score (nSPS) is 12.9. The van der Waals surface area contributed by atoms with Crippen LogP contribution in [0, 0.1) is 0 Å². The van der Waals surface area contributed by atoms with Crippen molar-refractivity contribution in [3.8, 4) is 0 Å². The molecule has 0 aliphatic heterocycles. The Balaban J connectivity index is 1.95. The molecule has 1 aromatic carbocycles. The van der Waals surface area contributed by atoms with Gasteiger partial charge >= 0.3 is 0 Å². The van der Waals surface area contributed by atoms with E-state index in [1.807, 2.05) is 30.5 Å². The van der Waals surface area contributed by atoms with Gasteiger partial charge in [-0.15, -0.1) is 0 Å². The second kappa shape index (κ2) is 6.69. The molecule has 1 heterocycles. The Morgan fingerprint density at radius 1 is 1.19 bits per heavy atom. The van der Waals surface area contributed by atoms with Gasteiger partial charge in [0.2, 0.25) is 10.0 Å². The van der Waals surface area contributed by atoms with Crippen molar-refractivity contribution in [1.82, 2.24) is 10.3 Å². The fourth-order valence-corrected chi connectivity index (χ4v) is 2.51. The predicted octanol–water partition coefficient (Wildman–Crippen LogP) is 2.30. The predicted molar refractivity (Wildman–Crippen MR) is 84.4 cm³/mol. The van der Waals surface area contributed by atoms with Gasteiger partial charge < -0.3 is 5.32 Å². The number of pyridine rings is 1. The van der Waals surface area contributed by atoms with E-state index < -0.39 is 10.0 Å². The number of rotatable bonds is 6.